The lowest BCUT2D eigenvalue weighted by Crippen LogP contribution is -2.47. The number of carboxylic acid groups (broad SMARTS) is 2. The summed E-state index contributed by atoms with van der Waals surface area (Å²) in [5.74, 6) is -4.04. The van der Waals surface area contributed by atoms with Crippen LogP contribution in [0, 0.1) is 0 Å². The number of nitrogens with zero attached hydrogens (tertiary/aromatic N) is 1. The summed E-state index contributed by atoms with van der Waals surface area (Å²) < 4.78 is 0. The maximum absolute atomic E-state index is 11.6. The van der Waals surface area contributed by atoms with Gasteiger partial charge in [0.2, 0.25) is 5.91 Å². The Balaban J connectivity index is 2.53. The summed E-state index contributed by atoms with van der Waals surface area (Å²) in [4.78, 5) is 55.8. The number of nitrogens with one attached hydrogen (secondary N) is 2. The fourth-order valence-corrected chi connectivity index (χ4v) is 1.52. The predicted octanol–water partition coefficient (Wildman–Crippen LogP) is -2.03. The zero-order valence-electron chi connectivity index (χ0n) is 10.3. The molecular formula is C10H13N3O7. The van der Waals surface area contributed by atoms with E-state index in [1.165, 1.54) is 0 Å². The molecule has 0 aromatic carbocycles. The van der Waals surface area contributed by atoms with Crippen molar-refractivity contribution in [3.8, 4) is 0 Å². The molecule has 0 radical (unpaired) electrons. The van der Waals surface area contributed by atoms with Crippen molar-refractivity contribution in [2.75, 3.05) is 13.1 Å². The lowest BCUT2D eigenvalue weighted by atomic mass is 10.1. The number of amides is 4. The molecule has 0 aliphatic carbocycles. The first-order chi connectivity index (χ1) is 9.31. The van der Waals surface area contributed by atoms with E-state index in [4.69, 9.17) is 10.2 Å². The van der Waals surface area contributed by atoms with Gasteiger partial charge in [-0.15, -0.1) is 0 Å². The first-order valence-electron chi connectivity index (χ1n) is 5.63. The van der Waals surface area contributed by atoms with Gasteiger partial charge in [0.15, 0.2) is 0 Å². The Labute approximate surface area is 112 Å². The number of carbonyl (C=O) groups is 5. The van der Waals surface area contributed by atoms with Gasteiger partial charge < -0.3 is 20.8 Å². The zero-order valence-corrected chi connectivity index (χ0v) is 10.3. The lowest BCUT2D eigenvalue weighted by Gasteiger charge is -2.16. The van der Waals surface area contributed by atoms with Crippen molar-refractivity contribution in [2.24, 2.45) is 0 Å². The first-order valence-corrected chi connectivity index (χ1v) is 5.63. The van der Waals surface area contributed by atoms with Crippen LogP contribution in [-0.2, 0) is 19.2 Å². The molecule has 0 aromatic heterocycles. The fourth-order valence-electron chi connectivity index (χ4n) is 1.52. The summed E-state index contributed by atoms with van der Waals surface area (Å²) in [5.41, 5.74) is 0. The molecule has 10 nitrogen and oxygen atoms in total. The molecular weight excluding hydrogens is 274 g/mol. The Morgan fingerprint density at radius 3 is 2.40 bits per heavy atom. The number of hydrogen-bond donors (Lipinski definition) is 4. The highest BCUT2D eigenvalue weighted by atomic mass is 16.4. The van der Waals surface area contributed by atoms with E-state index in [2.05, 4.69) is 10.6 Å². The number of carboxylic acids is 2. The molecule has 0 bridgehead atoms. The normalized spacial score (nSPS) is 15.7. The molecule has 4 N–H and O–H groups in total. The molecule has 110 valence electrons. The molecule has 10 heteroatoms. The van der Waals surface area contributed by atoms with Gasteiger partial charge in [-0.2, -0.15) is 0 Å². The van der Waals surface area contributed by atoms with E-state index in [-0.39, 0.29) is 13.0 Å². The summed E-state index contributed by atoms with van der Waals surface area (Å²) in [7, 11) is 0. The molecule has 1 fully saturated rings. The summed E-state index contributed by atoms with van der Waals surface area (Å²) in [6, 6.07) is -2.12. The van der Waals surface area contributed by atoms with Gasteiger partial charge in [0.25, 0.3) is 5.91 Å². The van der Waals surface area contributed by atoms with E-state index in [1.807, 2.05) is 0 Å². The van der Waals surface area contributed by atoms with Crippen molar-refractivity contribution in [3.63, 3.8) is 0 Å². The van der Waals surface area contributed by atoms with Crippen molar-refractivity contribution in [1.29, 1.82) is 0 Å². The van der Waals surface area contributed by atoms with Gasteiger partial charge in [-0.25, -0.2) is 9.59 Å². The number of urea groups is 1. The Morgan fingerprint density at radius 2 is 1.95 bits per heavy atom. The number of carbonyl (C=O) groups excluding carboxylic acids is 3. The van der Waals surface area contributed by atoms with Crippen molar-refractivity contribution >= 4 is 29.8 Å². The van der Waals surface area contributed by atoms with Gasteiger partial charge in [0, 0.05) is 6.42 Å². The van der Waals surface area contributed by atoms with Gasteiger partial charge in [0.05, 0.1) is 6.54 Å². The molecule has 1 rings (SSSR count). The monoisotopic (exact) mass is 287 g/mol. The third kappa shape index (κ3) is 4.23. The first kappa shape index (κ1) is 15.4. The van der Waals surface area contributed by atoms with Crippen LogP contribution in [0.3, 0.4) is 0 Å². The van der Waals surface area contributed by atoms with Crippen LogP contribution in [0.25, 0.3) is 0 Å². The maximum atomic E-state index is 11.6. The van der Waals surface area contributed by atoms with E-state index < -0.39 is 48.8 Å². The SMILES string of the molecule is O=C(O)CC[C@H](NC(=O)CN1C(=O)CNC1=O)C(=O)O. The Kier molecular flexibility index (Phi) is 5.01. The molecule has 1 heterocycles. The average molecular weight is 287 g/mol. The number of hydrogen-bond acceptors (Lipinski definition) is 5. The van der Waals surface area contributed by atoms with Crippen LogP contribution in [0.2, 0.25) is 0 Å². The Bertz CT molecular complexity index is 446. The van der Waals surface area contributed by atoms with E-state index >= 15 is 0 Å². The van der Waals surface area contributed by atoms with Crippen LogP contribution in [0.4, 0.5) is 4.79 Å². The van der Waals surface area contributed by atoms with Crippen LogP contribution in [-0.4, -0.2) is 64.0 Å². The highest BCUT2D eigenvalue weighted by Gasteiger charge is 2.31. The molecule has 1 aliphatic rings. The van der Waals surface area contributed by atoms with Gasteiger partial charge in [0.1, 0.15) is 12.6 Å². The van der Waals surface area contributed by atoms with Crippen LogP contribution in [0.15, 0.2) is 0 Å². The third-order valence-electron chi connectivity index (χ3n) is 2.52. The van der Waals surface area contributed by atoms with E-state index in [1.54, 1.807) is 0 Å². The minimum Gasteiger partial charge on any atom is -0.481 e. The Hall–Kier alpha value is -2.65. The van der Waals surface area contributed by atoms with Crippen LogP contribution in [0.1, 0.15) is 12.8 Å². The summed E-state index contributed by atoms with van der Waals surface area (Å²) in [6.07, 6.45) is -0.725. The van der Waals surface area contributed by atoms with Crippen molar-refractivity contribution < 1.29 is 34.2 Å². The second-order valence-corrected chi connectivity index (χ2v) is 4.03. The number of imide groups is 1. The third-order valence-corrected chi connectivity index (χ3v) is 2.52. The largest absolute Gasteiger partial charge is 0.481 e. The molecule has 1 saturated heterocycles. The molecule has 0 aromatic rings. The standard InChI is InChI=1S/C10H13N3O7/c14-6(4-13-7(15)3-11-10(13)20)12-5(9(18)19)1-2-8(16)17/h5H,1-4H2,(H,11,20)(H,12,14)(H,16,17)(H,18,19)/t5-/m0/s1. The highest BCUT2D eigenvalue weighted by Crippen LogP contribution is 2.01. The number of rotatable bonds is 7. The topological polar surface area (TPSA) is 153 Å². The number of aliphatic carboxylic acids is 2. The minimum atomic E-state index is -1.39. The smallest absolute Gasteiger partial charge is 0.326 e. The quantitative estimate of drug-likeness (QED) is 0.394. The second kappa shape index (κ2) is 6.50. The minimum absolute atomic E-state index is 0.215. The second-order valence-electron chi connectivity index (χ2n) is 4.03. The Morgan fingerprint density at radius 1 is 1.30 bits per heavy atom. The summed E-state index contributed by atoms with van der Waals surface area (Å²) in [5, 5.41) is 21.6. The molecule has 1 atom stereocenters. The zero-order chi connectivity index (χ0) is 15.3. The van der Waals surface area contributed by atoms with Gasteiger partial charge in [-0.05, 0) is 6.42 Å². The summed E-state index contributed by atoms with van der Waals surface area (Å²) in [6.45, 7) is -0.824. The molecule has 0 unspecified atom stereocenters. The van der Waals surface area contributed by atoms with Crippen LogP contribution >= 0.6 is 0 Å². The van der Waals surface area contributed by atoms with E-state index in [0.717, 1.165) is 0 Å². The fraction of sp³-hybridized carbons (Fsp3) is 0.500. The van der Waals surface area contributed by atoms with Crippen LogP contribution in [0.5, 0.6) is 0 Å². The van der Waals surface area contributed by atoms with Crippen molar-refractivity contribution in [3.05, 3.63) is 0 Å². The molecule has 1 aliphatic heterocycles. The van der Waals surface area contributed by atoms with Gasteiger partial charge in [-0.1, -0.05) is 0 Å². The van der Waals surface area contributed by atoms with Crippen molar-refractivity contribution in [2.45, 2.75) is 18.9 Å². The average Bonchev–Trinajstić information content (AvgIpc) is 2.65. The predicted molar refractivity (Wildman–Crippen MR) is 61.5 cm³/mol. The van der Waals surface area contributed by atoms with Crippen LogP contribution < -0.4 is 10.6 Å². The van der Waals surface area contributed by atoms with Gasteiger partial charge in [-0.3, -0.25) is 19.3 Å². The van der Waals surface area contributed by atoms with E-state index in [9.17, 15) is 24.0 Å². The maximum Gasteiger partial charge on any atom is 0.326 e. The molecule has 4 amide bonds. The molecule has 0 spiro atoms. The highest BCUT2D eigenvalue weighted by molar-refractivity contribution is 6.04. The van der Waals surface area contributed by atoms with Gasteiger partial charge >= 0.3 is 18.0 Å². The summed E-state index contributed by atoms with van der Waals surface area (Å²) >= 11 is 0. The molecule has 20 heavy (non-hydrogen) atoms. The van der Waals surface area contributed by atoms with Crippen molar-refractivity contribution in [1.82, 2.24) is 15.5 Å². The van der Waals surface area contributed by atoms with E-state index in [0.29, 0.717) is 4.90 Å². The lowest BCUT2D eigenvalue weighted by molar-refractivity contribution is -0.143. The molecule has 0 saturated carbocycles.